The molecule has 0 radical (unpaired) electrons. The average molecular weight is 764 g/mol. The first-order valence-corrected chi connectivity index (χ1v) is 17.6. The van der Waals surface area contributed by atoms with Crippen molar-refractivity contribution >= 4 is 24.8 Å². The van der Waals surface area contributed by atoms with Crippen LogP contribution in [-0.4, -0.2) is 3.21 Å². The van der Waals surface area contributed by atoms with E-state index in [-0.39, 0.29) is 22.0 Å². The third kappa shape index (κ3) is 9.60. The van der Waals surface area contributed by atoms with Crippen LogP contribution in [0.3, 0.4) is 0 Å². The molecular formula is C43H42F6Zr. The van der Waals surface area contributed by atoms with Gasteiger partial charge in [0.05, 0.1) is 0 Å². The van der Waals surface area contributed by atoms with Crippen molar-refractivity contribution in [1.29, 1.82) is 0 Å². The normalized spacial score (nSPS) is 12.3. The molecule has 6 rings (SSSR count). The molecule has 0 unspecified atom stereocenters. The van der Waals surface area contributed by atoms with Crippen LogP contribution in [0.5, 0.6) is 0 Å². The maximum Gasteiger partial charge on any atom is -0.172 e. The molecule has 260 valence electrons. The summed E-state index contributed by atoms with van der Waals surface area (Å²) in [5.41, 5.74) is 4.96. The molecule has 0 aromatic heterocycles. The summed E-state index contributed by atoms with van der Waals surface area (Å²) in [7, 11) is 0. The molecule has 0 saturated heterocycles. The Bertz CT molecular complexity index is 1920. The fourth-order valence-electron chi connectivity index (χ4n) is 6.14. The van der Waals surface area contributed by atoms with Gasteiger partial charge in [-0.2, -0.15) is 18.2 Å². The van der Waals surface area contributed by atoms with Gasteiger partial charge < -0.3 is 0 Å². The first kappa shape index (κ1) is 39.2. The quantitative estimate of drug-likeness (QED) is 0.122. The van der Waals surface area contributed by atoms with Gasteiger partial charge in [0.15, 0.2) is 0 Å². The van der Waals surface area contributed by atoms with Crippen LogP contribution in [0.25, 0.3) is 21.5 Å². The van der Waals surface area contributed by atoms with E-state index in [1.165, 1.54) is 68.1 Å². The van der Waals surface area contributed by atoms with Crippen molar-refractivity contribution in [3.05, 3.63) is 154 Å². The third-order valence-electron chi connectivity index (χ3n) is 8.52. The Hall–Kier alpha value is -3.57. The number of benzene rings is 4. The maximum absolute atomic E-state index is 12.7. The molecule has 0 aliphatic carbocycles. The number of alkyl halides is 6. The van der Waals surface area contributed by atoms with Crippen LogP contribution in [-0.2, 0) is 47.4 Å². The van der Waals surface area contributed by atoms with E-state index in [1.54, 1.807) is 0 Å². The number of fused-ring (bicyclic) bond motifs is 3. The van der Waals surface area contributed by atoms with Crippen molar-refractivity contribution in [2.45, 2.75) is 78.6 Å². The van der Waals surface area contributed by atoms with E-state index in [1.807, 2.05) is 30.3 Å². The summed E-state index contributed by atoms with van der Waals surface area (Å²) in [6, 6.07) is 31.1. The molecule has 0 aliphatic heterocycles. The van der Waals surface area contributed by atoms with Crippen LogP contribution >= 0.6 is 0 Å². The molecule has 0 spiro atoms. The first-order chi connectivity index (χ1) is 23.1. The minimum absolute atomic E-state index is 0.180. The predicted molar refractivity (Wildman–Crippen MR) is 192 cm³/mol. The summed E-state index contributed by atoms with van der Waals surface area (Å²) >= 11 is 0.729. The van der Waals surface area contributed by atoms with Crippen molar-refractivity contribution in [1.82, 2.24) is 0 Å². The fraction of sp³-hybridized carbons (Fsp3) is 0.279. The van der Waals surface area contributed by atoms with Crippen LogP contribution < -0.4 is 0 Å². The summed E-state index contributed by atoms with van der Waals surface area (Å²) in [4.78, 5) is 0. The molecule has 0 saturated carbocycles. The molecule has 50 heavy (non-hydrogen) atoms. The number of hydrogen-bond acceptors (Lipinski definition) is 0. The van der Waals surface area contributed by atoms with Gasteiger partial charge >= 0.3 is 137 Å². The second kappa shape index (κ2) is 15.0. The molecule has 6 aromatic rings. The molecule has 0 aliphatic rings. The van der Waals surface area contributed by atoms with E-state index >= 15 is 0 Å². The molecule has 0 nitrogen and oxygen atoms in total. The van der Waals surface area contributed by atoms with Gasteiger partial charge in [-0.05, 0) is 24.7 Å². The minimum Gasteiger partial charge on any atom is -0.214 e. The zero-order valence-corrected chi connectivity index (χ0v) is 32.1. The van der Waals surface area contributed by atoms with Crippen molar-refractivity contribution in [3.8, 4) is 0 Å². The summed E-state index contributed by atoms with van der Waals surface area (Å²) < 4.78 is 76.7. The minimum atomic E-state index is -4.49. The topological polar surface area (TPSA) is 0 Å². The van der Waals surface area contributed by atoms with Gasteiger partial charge in [-0.3, -0.25) is 0 Å². The van der Waals surface area contributed by atoms with E-state index in [0.717, 1.165) is 48.5 Å². The second-order valence-corrected chi connectivity index (χ2v) is 15.9. The van der Waals surface area contributed by atoms with Crippen LogP contribution in [0.4, 0.5) is 26.3 Å². The molecule has 0 heterocycles. The first-order valence-electron chi connectivity index (χ1n) is 16.3. The number of aryl methyl sites for hydroxylation is 2. The molecular weight excluding hydrogens is 722 g/mol. The van der Waals surface area contributed by atoms with Gasteiger partial charge in [-0.1, -0.05) is 75.9 Å². The summed E-state index contributed by atoms with van der Waals surface area (Å²) in [6.07, 6.45) is -8.97. The largest absolute Gasteiger partial charge is 0.214 e. The monoisotopic (exact) mass is 762 g/mol. The summed E-state index contributed by atoms with van der Waals surface area (Å²) in [5, 5.41) is 5.55. The maximum atomic E-state index is 12.7. The van der Waals surface area contributed by atoms with E-state index in [4.69, 9.17) is 0 Å². The molecule has 0 amide bonds. The van der Waals surface area contributed by atoms with Crippen LogP contribution in [0.1, 0.15) is 86.1 Å². The zero-order chi connectivity index (χ0) is 37.2. The Kier molecular flexibility index (Phi) is 11.7. The number of rotatable bonds is 2. The molecule has 0 bridgehead atoms. The zero-order valence-electron chi connectivity index (χ0n) is 29.7. The van der Waals surface area contributed by atoms with E-state index in [0.29, 0.717) is 3.21 Å². The summed E-state index contributed by atoms with van der Waals surface area (Å²) in [6.45, 7) is 18.3. The van der Waals surface area contributed by atoms with E-state index in [2.05, 4.69) is 85.7 Å². The van der Waals surface area contributed by atoms with Crippen LogP contribution in [0.15, 0.2) is 109 Å². The van der Waals surface area contributed by atoms with E-state index < -0.39 is 23.5 Å². The van der Waals surface area contributed by atoms with Gasteiger partial charge in [0.2, 0.25) is 0 Å². The average Bonchev–Trinajstić information content (AvgIpc) is 3.70. The molecule has 0 N–H and O–H groups in total. The molecule has 6 aromatic carbocycles. The number of hydrogen-bond donors (Lipinski definition) is 0. The third-order valence-corrected chi connectivity index (χ3v) is 9.94. The Morgan fingerprint density at radius 1 is 0.540 bits per heavy atom. The fourth-order valence-corrected chi connectivity index (χ4v) is 6.90. The molecule has 7 heteroatoms. The Morgan fingerprint density at radius 3 is 1.22 bits per heavy atom. The van der Waals surface area contributed by atoms with Crippen LogP contribution in [0.2, 0.25) is 0 Å². The standard InChI is InChI=1S/C23H29.C15H8F6.C5H5.Zr/c1-14-9-16-11-17-10-15(2)21(23(6,7)8)13-19(17)18(16)12-20(14)22(3,4)5;16-14(17,18)12-5-1-3-10(8-12)7-11-4-2-6-13(9-11)15(19,20)21;1-2-4-5-3-1;/h9-13H,1-8H3;1-6,8-9H;1-5H;/q-1;;-1;+2. The van der Waals surface area contributed by atoms with Crippen molar-refractivity contribution in [2.75, 3.05) is 0 Å². The van der Waals surface area contributed by atoms with Gasteiger partial charge in [0.25, 0.3) is 0 Å². The summed E-state index contributed by atoms with van der Waals surface area (Å²) in [5.74, 6) is 0. The Balaban J connectivity index is 0.000000197. The molecule has 0 fully saturated rings. The second-order valence-electron chi connectivity index (χ2n) is 14.6. The van der Waals surface area contributed by atoms with Crippen LogP contribution in [0, 0.1) is 13.8 Å². The van der Waals surface area contributed by atoms with Gasteiger partial charge in [0, 0.05) is 0 Å². The number of halogens is 6. The van der Waals surface area contributed by atoms with Gasteiger partial charge in [-0.25, -0.2) is 12.1 Å². The SMILES string of the molecule is Cc1cc2[cH-]c3cc(C)c(C(C)(C)C)cc3c2cc1C(C)(C)C.FC(F)(F)c1cccc([C](=[Zr+2])c2cccc(C(F)(F)F)c2)c1.c1cc[cH-]c1. The van der Waals surface area contributed by atoms with E-state index in [9.17, 15) is 26.3 Å². The Labute approximate surface area is 306 Å². The van der Waals surface area contributed by atoms with Gasteiger partial charge in [-0.15, -0.1) is 39.7 Å². The predicted octanol–water partition coefficient (Wildman–Crippen LogP) is 13.2. The van der Waals surface area contributed by atoms with Crippen molar-refractivity contribution in [2.24, 2.45) is 0 Å². The molecule has 0 atom stereocenters. The Morgan fingerprint density at radius 2 is 0.920 bits per heavy atom. The van der Waals surface area contributed by atoms with Gasteiger partial charge in [0.1, 0.15) is 0 Å². The van der Waals surface area contributed by atoms with Crippen molar-refractivity contribution in [3.63, 3.8) is 0 Å². The smallest absolute Gasteiger partial charge is 0.172 e. The van der Waals surface area contributed by atoms with Crippen molar-refractivity contribution < 1.29 is 50.6 Å².